The van der Waals surface area contributed by atoms with Crippen LogP contribution in [0.4, 0.5) is 0 Å². The highest BCUT2D eigenvalue weighted by atomic mass is 35.5. The molecule has 1 aliphatic carbocycles. The van der Waals surface area contributed by atoms with Crippen molar-refractivity contribution in [3.05, 3.63) is 18.0 Å². The van der Waals surface area contributed by atoms with Crippen LogP contribution in [0.2, 0.25) is 0 Å². The Labute approximate surface area is 129 Å². The third-order valence-corrected chi connectivity index (χ3v) is 4.35. The van der Waals surface area contributed by atoms with Crippen molar-refractivity contribution in [3.63, 3.8) is 0 Å². The first kappa shape index (κ1) is 14.6. The number of ether oxygens (including phenoxy) is 2. The molecule has 5 nitrogen and oxygen atoms in total. The van der Waals surface area contributed by atoms with E-state index in [0.717, 1.165) is 36.3 Å². The first-order valence-electron chi connectivity index (χ1n) is 7.25. The van der Waals surface area contributed by atoms with Crippen LogP contribution in [-0.2, 0) is 4.74 Å². The van der Waals surface area contributed by atoms with Gasteiger partial charge in [0.05, 0.1) is 24.6 Å². The number of alkyl halides is 1. The van der Waals surface area contributed by atoms with Crippen molar-refractivity contribution in [2.45, 2.75) is 43.7 Å². The van der Waals surface area contributed by atoms with E-state index in [0.29, 0.717) is 5.88 Å². The molecule has 2 aromatic heterocycles. The van der Waals surface area contributed by atoms with Crippen LogP contribution in [0.1, 0.15) is 43.4 Å². The van der Waals surface area contributed by atoms with Gasteiger partial charge in [0.15, 0.2) is 5.65 Å². The van der Waals surface area contributed by atoms with Crippen molar-refractivity contribution in [1.82, 2.24) is 14.5 Å². The van der Waals surface area contributed by atoms with E-state index in [4.69, 9.17) is 21.1 Å². The van der Waals surface area contributed by atoms with E-state index < -0.39 is 0 Å². The SMILES string of the molecule is COc1ccc2nc(C(C)Cl)n(C3CCCC3OC)c2n1. The topological polar surface area (TPSA) is 49.2 Å². The van der Waals surface area contributed by atoms with Crippen LogP contribution < -0.4 is 4.74 Å². The highest BCUT2D eigenvalue weighted by Crippen LogP contribution is 2.37. The summed E-state index contributed by atoms with van der Waals surface area (Å²) in [7, 11) is 3.38. The van der Waals surface area contributed by atoms with Gasteiger partial charge in [-0.05, 0) is 32.3 Å². The lowest BCUT2D eigenvalue weighted by Gasteiger charge is -2.23. The number of aromatic nitrogens is 3. The number of halogens is 1. The first-order valence-corrected chi connectivity index (χ1v) is 7.69. The maximum absolute atomic E-state index is 6.34. The van der Waals surface area contributed by atoms with E-state index in [1.54, 1.807) is 14.2 Å². The maximum atomic E-state index is 6.34. The second-order valence-corrected chi connectivity index (χ2v) is 6.08. The Morgan fingerprint density at radius 2 is 2.10 bits per heavy atom. The Kier molecular flexibility index (Phi) is 4.04. The largest absolute Gasteiger partial charge is 0.481 e. The molecule has 0 radical (unpaired) electrons. The van der Waals surface area contributed by atoms with E-state index in [2.05, 4.69) is 14.5 Å². The smallest absolute Gasteiger partial charge is 0.215 e. The second-order valence-electron chi connectivity index (χ2n) is 5.42. The number of fused-ring (bicyclic) bond motifs is 1. The van der Waals surface area contributed by atoms with Gasteiger partial charge < -0.3 is 14.0 Å². The summed E-state index contributed by atoms with van der Waals surface area (Å²) in [6, 6.07) is 3.98. The van der Waals surface area contributed by atoms with Crippen molar-refractivity contribution in [1.29, 1.82) is 0 Å². The van der Waals surface area contributed by atoms with Crippen molar-refractivity contribution in [3.8, 4) is 5.88 Å². The highest BCUT2D eigenvalue weighted by Gasteiger charge is 2.33. The summed E-state index contributed by atoms with van der Waals surface area (Å²) in [6.07, 6.45) is 3.44. The minimum atomic E-state index is -0.177. The van der Waals surface area contributed by atoms with E-state index in [9.17, 15) is 0 Å². The third kappa shape index (κ3) is 2.49. The van der Waals surface area contributed by atoms with Gasteiger partial charge in [0.2, 0.25) is 5.88 Å². The molecule has 3 unspecified atom stereocenters. The molecular weight excluding hydrogens is 290 g/mol. The molecule has 0 bridgehead atoms. The second kappa shape index (κ2) is 5.81. The van der Waals surface area contributed by atoms with Gasteiger partial charge in [0.25, 0.3) is 0 Å². The van der Waals surface area contributed by atoms with Crippen LogP contribution in [0.5, 0.6) is 5.88 Å². The van der Waals surface area contributed by atoms with Crippen LogP contribution in [-0.4, -0.2) is 34.9 Å². The monoisotopic (exact) mass is 309 g/mol. The summed E-state index contributed by atoms with van der Waals surface area (Å²) in [5.74, 6) is 1.44. The molecule has 2 aromatic rings. The highest BCUT2D eigenvalue weighted by molar-refractivity contribution is 6.20. The van der Waals surface area contributed by atoms with Gasteiger partial charge in [0.1, 0.15) is 11.3 Å². The van der Waals surface area contributed by atoms with Crippen LogP contribution in [0.3, 0.4) is 0 Å². The molecule has 1 fully saturated rings. The number of pyridine rings is 1. The van der Waals surface area contributed by atoms with E-state index in [1.807, 2.05) is 19.1 Å². The van der Waals surface area contributed by atoms with Crippen molar-refractivity contribution < 1.29 is 9.47 Å². The Bertz CT molecular complexity index is 641. The zero-order valence-electron chi connectivity index (χ0n) is 12.5. The zero-order valence-corrected chi connectivity index (χ0v) is 13.3. The van der Waals surface area contributed by atoms with E-state index in [-0.39, 0.29) is 17.5 Å². The van der Waals surface area contributed by atoms with Gasteiger partial charge in [-0.15, -0.1) is 11.6 Å². The fraction of sp³-hybridized carbons (Fsp3) is 0.600. The molecule has 1 aliphatic rings. The third-order valence-electron chi connectivity index (χ3n) is 4.16. The summed E-state index contributed by atoms with van der Waals surface area (Å²) in [4.78, 5) is 9.23. The molecule has 0 amide bonds. The predicted molar refractivity (Wildman–Crippen MR) is 82.0 cm³/mol. The van der Waals surface area contributed by atoms with Crippen molar-refractivity contribution in [2.75, 3.05) is 14.2 Å². The number of hydrogen-bond donors (Lipinski definition) is 0. The molecule has 0 saturated heterocycles. The summed E-state index contributed by atoms with van der Waals surface area (Å²) < 4.78 is 13.0. The van der Waals surface area contributed by atoms with Crippen LogP contribution in [0.15, 0.2) is 12.1 Å². The van der Waals surface area contributed by atoms with Gasteiger partial charge in [-0.25, -0.2) is 4.98 Å². The summed E-state index contributed by atoms with van der Waals surface area (Å²) in [6.45, 7) is 1.94. The van der Waals surface area contributed by atoms with E-state index >= 15 is 0 Å². The number of imidazole rings is 1. The Morgan fingerprint density at radius 1 is 1.29 bits per heavy atom. The molecular formula is C15H20ClN3O2. The van der Waals surface area contributed by atoms with Crippen molar-refractivity contribution in [2.24, 2.45) is 0 Å². The molecule has 3 atom stereocenters. The van der Waals surface area contributed by atoms with Crippen LogP contribution >= 0.6 is 11.6 Å². The zero-order chi connectivity index (χ0) is 15.0. The molecule has 3 rings (SSSR count). The molecule has 0 aliphatic heterocycles. The van der Waals surface area contributed by atoms with Crippen LogP contribution in [0.25, 0.3) is 11.2 Å². The summed E-state index contributed by atoms with van der Waals surface area (Å²) in [5.41, 5.74) is 1.67. The minimum absolute atomic E-state index is 0.177. The number of hydrogen-bond acceptors (Lipinski definition) is 4. The average Bonchev–Trinajstić information content (AvgIpc) is 3.09. The fourth-order valence-corrected chi connectivity index (χ4v) is 3.33. The van der Waals surface area contributed by atoms with Gasteiger partial charge in [-0.3, -0.25) is 0 Å². The predicted octanol–water partition coefficient (Wildman–Crippen LogP) is 3.48. The van der Waals surface area contributed by atoms with Gasteiger partial charge in [0, 0.05) is 13.2 Å². The molecule has 21 heavy (non-hydrogen) atoms. The lowest BCUT2D eigenvalue weighted by atomic mass is 10.2. The standard InChI is InChI=1S/C15H20ClN3O2/c1-9(16)14-17-10-7-8-13(21-3)18-15(10)19(14)11-5-4-6-12(11)20-2/h7-9,11-12H,4-6H2,1-3H3. The number of nitrogens with zero attached hydrogens (tertiary/aromatic N) is 3. The Balaban J connectivity index is 2.19. The lowest BCUT2D eigenvalue weighted by Crippen LogP contribution is -2.22. The summed E-state index contributed by atoms with van der Waals surface area (Å²) in [5, 5.41) is -0.177. The molecule has 0 aromatic carbocycles. The average molecular weight is 310 g/mol. The molecule has 0 spiro atoms. The Hall–Kier alpha value is -1.33. The molecule has 1 saturated carbocycles. The molecule has 2 heterocycles. The van der Waals surface area contributed by atoms with E-state index in [1.165, 1.54) is 0 Å². The molecule has 114 valence electrons. The quantitative estimate of drug-likeness (QED) is 0.811. The van der Waals surface area contributed by atoms with Crippen LogP contribution in [0, 0.1) is 0 Å². The maximum Gasteiger partial charge on any atom is 0.215 e. The summed E-state index contributed by atoms with van der Waals surface area (Å²) >= 11 is 6.34. The molecule has 6 heteroatoms. The first-order chi connectivity index (χ1) is 10.2. The minimum Gasteiger partial charge on any atom is -0.481 e. The fourth-order valence-electron chi connectivity index (χ4n) is 3.17. The van der Waals surface area contributed by atoms with Crippen molar-refractivity contribution >= 4 is 22.8 Å². The number of rotatable bonds is 4. The van der Waals surface area contributed by atoms with Gasteiger partial charge >= 0.3 is 0 Å². The van der Waals surface area contributed by atoms with Gasteiger partial charge in [-0.2, -0.15) is 4.98 Å². The lowest BCUT2D eigenvalue weighted by molar-refractivity contribution is 0.0751. The number of methoxy groups -OCH3 is 2. The van der Waals surface area contributed by atoms with Gasteiger partial charge in [-0.1, -0.05) is 0 Å². The Morgan fingerprint density at radius 3 is 2.76 bits per heavy atom. The normalized spacial score (nSPS) is 23.6. The molecule has 0 N–H and O–H groups in total.